The third-order valence-corrected chi connectivity index (χ3v) is 4.59. The van der Waals surface area contributed by atoms with Crippen molar-refractivity contribution in [3.63, 3.8) is 0 Å². The number of benzene rings is 1. The van der Waals surface area contributed by atoms with Gasteiger partial charge in [0.15, 0.2) is 0 Å². The van der Waals surface area contributed by atoms with E-state index in [1.807, 2.05) is 0 Å². The first-order valence-electron chi connectivity index (χ1n) is 6.30. The fourth-order valence-electron chi connectivity index (χ4n) is 1.84. The van der Waals surface area contributed by atoms with E-state index in [4.69, 9.17) is 0 Å². The van der Waals surface area contributed by atoms with Crippen molar-refractivity contribution in [3.8, 4) is 0 Å². The van der Waals surface area contributed by atoms with Crippen LogP contribution in [-0.4, -0.2) is 13.4 Å². The number of sulfonamides is 1. The van der Waals surface area contributed by atoms with Crippen molar-refractivity contribution < 1.29 is 21.6 Å². The van der Waals surface area contributed by atoms with Gasteiger partial charge in [-0.15, -0.1) is 0 Å². The van der Waals surface area contributed by atoms with Crippen LogP contribution in [0.3, 0.4) is 0 Å². The smallest absolute Gasteiger partial charge is 0.265 e. The predicted octanol–water partition coefficient (Wildman–Crippen LogP) is 3.14. The van der Waals surface area contributed by atoms with E-state index < -0.39 is 27.8 Å². The topological polar surface area (TPSA) is 59.1 Å². The Balaban J connectivity index is 2.20. The van der Waals surface area contributed by atoms with Crippen LogP contribution < -0.4 is 4.72 Å². The van der Waals surface area contributed by atoms with Gasteiger partial charge in [-0.1, -0.05) is 0 Å². The average Bonchev–Trinajstić information content (AvgIpc) is 2.47. The summed E-state index contributed by atoms with van der Waals surface area (Å²) in [5.41, 5.74) is -0.195. The lowest BCUT2D eigenvalue weighted by Gasteiger charge is -2.15. The normalized spacial score (nSPS) is 13.8. The Morgan fingerprint density at radius 3 is 2.09 bits per heavy atom. The van der Waals surface area contributed by atoms with Crippen LogP contribution in [0.2, 0.25) is 0 Å². The van der Waals surface area contributed by atoms with E-state index in [1.165, 1.54) is 12.4 Å². The molecule has 8 heteroatoms. The Labute approximate surface area is 126 Å². The first kappa shape index (κ1) is 16.4. The van der Waals surface area contributed by atoms with Gasteiger partial charge in [-0.3, -0.25) is 4.98 Å². The lowest BCUT2D eigenvalue weighted by Crippen LogP contribution is -2.27. The highest BCUT2D eigenvalue weighted by molar-refractivity contribution is 7.89. The standard InChI is InChI=1S/C14H13F3N2O2S/c1-10(11-6-8-18-9-7-11)19-22(20,21)13-4-2-12(3-5-13)14(15,16)17/h2-10,19H,1H3/t10-/m0/s1. The molecule has 0 aliphatic heterocycles. The summed E-state index contributed by atoms with van der Waals surface area (Å²) in [6.07, 6.45) is -1.45. The number of hydrogen-bond acceptors (Lipinski definition) is 3. The highest BCUT2D eigenvalue weighted by Crippen LogP contribution is 2.29. The van der Waals surface area contributed by atoms with Gasteiger partial charge in [0.2, 0.25) is 10.0 Å². The summed E-state index contributed by atoms with van der Waals surface area (Å²) in [6.45, 7) is 1.64. The van der Waals surface area contributed by atoms with E-state index >= 15 is 0 Å². The molecule has 0 aliphatic carbocycles. The molecule has 0 amide bonds. The van der Waals surface area contributed by atoms with Crippen LogP contribution in [0, 0.1) is 0 Å². The Bertz CT molecular complexity index is 729. The first-order valence-corrected chi connectivity index (χ1v) is 7.78. The molecule has 0 saturated carbocycles. The van der Waals surface area contributed by atoms with E-state index in [-0.39, 0.29) is 4.90 Å². The molecule has 118 valence electrons. The highest BCUT2D eigenvalue weighted by Gasteiger charge is 2.30. The van der Waals surface area contributed by atoms with Gasteiger partial charge in [0.05, 0.1) is 10.5 Å². The summed E-state index contributed by atoms with van der Waals surface area (Å²) < 4.78 is 64.2. The fourth-order valence-corrected chi connectivity index (χ4v) is 3.08. The molecule has 0 radical (unpaired) electrons. The number of nitrogens with one attached hydrogen (secondary N) is 1. The second-order valence-corrected chi connectivity index (χ2v) is 6.36. The van der Waals surface area contributed by atoms with E-state index in [0.717, 1.165) is 24.3 Å². The summed E-state index contributed by atoms with van der Waals surface area (Å²) in [5.74, 6) is 0. The molecule has 22 heavy (non-hydrogen) atoms. The number of alkyl halides is 3. The van der Waals surface area contributed by atoms with E-state index in [1.54, 1.807) is 19.1 Å². The molecule has 4 nitrogen and oxygen atoms in total. The maximum atomic E-state index is 12.5. The Kier molecular flexibility index (Phi) is 4.52. The maximum Gasteiger partial charge on any atom is 0.416 e. The van der Waals surface area contributed by atoms with Crippen molar-refractivity contribution in [1.82, 2.24) is 9.71 Å². The minimum Gasteiger partial charge on any atom is -0.265 e. The van der Waals surface area contributed by atoms with Crippen molar-refractivity contribution in [1.29, 1.82) is 0 Å². The minimum absolute atomic E-state index is 0.221. The summed E-state index contributed by atoms with van der Waals surface area (Å²) in [6, 6.07) is 6.13. The third kappa shape index (κ3) is 3.83. The predicted molar refractivity (Wildman–Crippen MR) is 74.4 cm³/mol. The molecule has 0 unspecified atom stereocenters. The number of rotatable bonds is 4. The molecule has 0 fully saturated rings. The van der Waals surface area contributed by atoms with Crippen LogP contribution in [0.4, 0.5) is 13.2 Å². The number of aromatic nitrogens is 1. The van der Waals surface area contributed by atoms with Gasteiger partial charge in [-0.2, -0.15) is 13.2 Å². The van der Waals surface area contributed by atoms with Crippen LogP contribution in [0.15, 0.2) is 53.7 Å². The average molecular weight is 330 g/mol. The molecule has 1 aromatic carbocycles. The Morgan fingerprint density at radius 2 is 1.59 bits per heavy atom. The van der Waals surface area contributed by atoms with Gasteiger partial charge in [-0.05, 0) is 48.9 Å². The quantitative estimate of drug-likeness (QED) is 0.937. The van der Waals surface area contributed by atoms with Crippen LogP contribution in [-0.2, 0) is 16.2 Å². The van der Waals surface area contributed by atoms with Crippen molar-refractivity contribution in [3.05, 3.63) is 59.9 Å². The molecule has 1 heterocycles. The summed E-state index contributed by atoms with van der Waals surface area (Å²) >= 11 is 0. The van der Waals surface area contributed by atoms with Crippen LogP contribution in [0.5, 0.6) is 0 Å². The third-order valence-electron chi connectivity index (χ3n) is 3.03. The van der Waals surface area contributed by atoms with E-state index in [2.05, 4.69) is 9.71 Å². The van der Waals surface area contributed by atoms with Gasteiger partial charge in [0.1, 0.15) is 0 Å². The molecule has 0 spiro atoms. The maximum absolute atomic E-state index is 12.5. The zero-order valence-electron chi connectivity index (χ0n) is 11.5. The summed E-state index contributed by atoms with van der Waals surface area (Å²) in [5, 5.41) is 0. The SMILES string of the molecule is C[C@H](NS(=O)(=O)c1ccc(C(F)(F)F)cc1)c1ccncc1. The van der Waals surface area contributed by atoms with Crippen LogP contribution in [0.1, 0.15) is 24.1 Å². The summed E-state index contributed by atoms with van der Waals surface area (Å²) in [7, 11) is -3.91. The zero-order chi connectivity index (χ0) is 16.4. The molecule has 0 saturated heterocycles. The number of halogens is 3. The molecule has 1 atom stereocenters. The van der Waals surface area contributed by atoms with Crippen LogP contribution >= 0.6 is 0 Å². The van der Waals surface area contributed by atoms with E-state index in [9.17, 15) is 21.6 Å². The minimum atomic E-state index is -4.50. The van der Waals surface area contributed by atoms with Gasteiger partial charge in [0.25, 0.3) is 0 Å². The van der Waals surface area contributed by atoms with Gasteiger partial charge >= 0.3 is 6.18 Å². The zero-order valence-corrected chi connectivity index (χ0v) is 12.3. The molecule has 1 aromatic heterocycles. The van der Waals surface area contributed by atoms with Crippen LogP contribution in [0.25, 0.3) is 0 Å². The molecule has 2 aromatic rings. The Hall–Kier alpha value is -1.93. The van der Waals surface area contributed by atoms with Gasteiger partial charge < -0.3 is 0 Å². The first-order chi connectivity index (χ1) is 10.2. The second kappa shape index (κ2) is 6.05. The Morgan fingerprint density at radius 1 is 1.05 bits per heavy atom. The molecule has 0 aliphatic rings. The summed E-state index contributed by atoms with van der Waals surface area (Å²) in [4.78, 5) is 3.61. The molecule has 1 N–H and O–H groups in total. The van der Waals surface area contributed by atoms with Crippen molar-refractivity contribution >= 4 is 10.0 Å². The largest absolute Gasteiger partial charge is 0.416 e. The molecular formula is C14H13F3N2O2S. The highest BCUT2D eigenvalue weighted by atomic mass is 32.2. The molecular weight excluding hydrogens is 317 g/mol. The van der Waals surface area contributed by atoms with Gasteiger partial charge in [0, 0.05) is 18.4 Å². The fraction of sp³-hybridized carbons (Fsp3) is 0.214. The number of nitrogens with zero attached hydrogens (tertiary/aromatic N) is 1. The lowest BCUT2D eigenvalue weighted by atomic mass is 10.1. The van der Waals surface area contributed by atoms with Crippen molar-refractivity contribution in [2.75, 3.05) is 0 Å². The molecule has 2 rings (SSSR count). The molecule has 0 bridgehead atoms. The van der Waals surface area contributed by atoms with Crippen molar-refractivity contribution in [2.24, 2.45) is 0 Å². The van der Waals surface area contributed by atoms with E-state index in [0.29, 0.717) is 5.56 Å². The lowest BCUT2D eigenvalue weighted by molar-refractivity contribution is -0.137. The number of hydrogen-bond donors (Lipinski definition) is 1. The second-order valence-electron chi connectivity index (χ2n) is 4.65. The van der Waals surface area contributed by atoms with Gasteiger partial charge in [-0.25, -0.2) is 13.1 Å². The monoisotopic (exact) mass is 330 g/mol. The number of pyridine rings is 1. The van der Waals surface area contributed by atoms with Crippen molar-refractivity contribution in [2.45, 2.75) is 24.0 Å².